The summed E-state index contributed by atoms with van der Waals surface area (Å²) in [6.07, 6.45) is -12.1. The van der Waals surface area contributed by atoms with Gasteiger partial charge in [-0.2, -0.15) is 26.3 Å². The molecule has 0 saturated carbocycles. The molecule has 0 radical (unpaired) electrons. The average Bonchev–Trinajstić information content (AvgIpc) is 3.37. The lowest BCUT2D eigenvalue weighted by Crippen LogP contribution is -2.54. The second-order valence-electron chi connectivity index (χ2n) is 11.1. The Balaban J connectivity index is 1.41. The van der Waals surface area contributed by atoms with E-state index in [1.807, 2.05) is 0 Å². The molecule has 2 N–H and O–H groups in total. The number of phenols is 2. The van der Waals surface area contributed by atoms with E-state index in [0.717, 1.165) is 24.0 Å². The van der Waals surface area contributed by atoms with Crippen molar-refractivity contribution in [2.45, 2.75) is 24.7 Å². The zero-order valence-electron chi connectivity index (χ0n) is 24.5. The summed E-state index contributed by atoms with van der Waals surface area (Å²) >= 11 is 0. The molecule has 2 aliphatic heterocycles. The van der Waals surface area contributed by atoms with E-state index >= 15 is 0 Å². The summed E-state index contributed by atoms with van der Waals surface area (Å²) in [7, 11) is 1.30. The first-order valence-electron chi connectivity index (χ1n) is 13.8. The fourth-order valence-corrected chi connectivity index (χ4v) is 5.85. The molecule has 0 atom stereocenters. The summed E-state index contributed by atoms with van der Waals surface area (Å²) in [6, 6.07) is 10.4. The van der Waals surface area contributed by atoms with Gasteiger partial charge in [-0.3, -0.25) is 24.1 Å². The van der Waals surface area contributed by atoms with E-state index in [-0.39, 0.29) is 50.3 Å². The Labute approximate surface area is 266 Å². The monoisotopic (exact) mass is 670 g/mol. The minimum Gasteiger partial charge on any atom is -0.508 e. The van der Waals surface area contributed by atoms with Crippen LogP contribution in [0.1, 0.15) is 58.1 Å². The molecular formula is C33H20F6N2O7. The number of aromatic hydroxyl groups is 2. The number of carbonyl (C=O) groups is 4. The van der Waals surface area contributed by atoms with Crippen LogP contribution in [0.5, 0.6) is 23.0 Å². The predicted molar refractivity (Wildman–Crippen MR) is 154 cm³/mol. The number of fused-ring (bicyclic) bond motifs is 2. The van der Waals surface area contributed by atoms with Crippen LogP contribution in [-0.4, -0.2) is 58.1 Å². The molecule has 4 aromatic rings. The SMILES string of the molecule is Cc1cc(C(c2ccc(O)c(N3C(=O)c4ccc(Oc5ccc6c(c5)C(=O)N(C)C6=O)cc4C3=O)c2)(C(F)(F)F)C(F)(F)F)ccc1O. The van der Waals surface area contributed by atoms with Crippen molar-refractivity contribution < 1.29 is 60.5 Å². The molecule has 0 bridgehead atoms. The van der Waals surface area contributed by atoms with Gasteiger partial charge in [-0.1, -0.05) is 18.2 Å². The minimum absolute atomic E-state index is 0.0457. The average molecular weight is 671 g/mol. The third-order valence-corrected chi connectivity index (χ3v) is 8.28. The Morgan fingerprint density at radius 1 is 0.583 bits per heavy atom. The fourth-order valence-electron chi connectivity index (χ4n) is 5.85. The molecule has 0 aromatic heterocycles. The number of carbonyl (C=O) groups excluding carboxylic acids is 4. The molecule has 4 aromatic carbocycles. The van der Waals surface area contributed by atoms with Crippen molar-refractivity contribution in [3.63, 3.8) is 0 Å². The Bertz CT molecular complexity index is 2080. The molecule has 246 valence electrons. The number of ether oxygens (including phenoxy) is 1. The van der Waals surface area contributed by atoms with Gasteiger partial charge in [0.1, 0.15) is 23.0 Å². The molecule has 0 unspecified atom stereocenters. The lowest BCUT2D eigenvalue weighted by atomic mass is 9.72. The number of amides is 4. The van der Waals surface area contributed by atoms with Crippen LogP contribution in [0.25, 0.3) is 0 Å². The minimum atomic E-state index is -6.04. The van der Waals surface area contributed by atoms with Gasteiger partial charge < -0.3 is 14.9 Å². The Morgan fingerprint density at radius 2 is 1.04 bits per heavy atom. The van der Waals surface area contributed by atoms with Crippen molar-refractivity contribution in [3.8, 4) is 23.0 Å². The summed E-state index contributed by atoms with van der Waals surface area (Å²) in [5.74, 6) is -4.92. The molecular weight excluding hydrogens is 650 g/mol. The van der Waals surface area contributed by atoms with Gasteiger partial charge in [-0.25, -0.2) is 4.90 Å². The predicted octanol–water partition coefficient (Wildman–Crippen LogP) is 6.64. The van der Waals surface area contributed by atoms with Crippen LogP contribution in [0.15, 0.2) is 72.8 Å². The summed E-state index contributed by atoms with van der Waals surface area (Å²) in [5, 5.41) is 20.4. The Kier molecular flexibility index (Phi) is 7.08. The van der Waals surface area contributed by atoms with Gasteiger partial charge in [-0.15, -0.1) is 0 Å². The molecule has 4 amide bonds. The van der Waals surface area contributed by atoms with Gasteiger partial charge in [-0.05, 0) is 78.2 Å². The highest BCUT2D eigenvalue weighted by molar-refractivity contribution is 6.35. The number of hydrogen-bond donors (Lipinski definition) is 2. The van der Waals surface area contributed by atoms with Crippen molar-refractivity contribution in [2.24, 2.45) is 0 Å². The van der Waals surface area contributed by atoms with Crippen molar-refractivity contribution >= 4 is 29.3 Å². The van der Waals surface area contributed by atoms with E-state index in [1.165, 1.54) is 31.3 Å². The molecule has 0 saturated heterocycles. The number of aryl methyl sites for hydroxylation is 1. The van der Waals surface area contributed by atoms with Crippen molar-refractivity contribution in [2.75, 3.05) is 11.9 Å². The van der Waals surface area contributed by atoms with Gasteiger partial charge in [0, 0.05) is 7.05 Å². The van der Waals surface area contributed by atoms with Crippen molar-refractivity contribution in [1.29, 1.82) is 0 Å². The van der Waals surface area contributed by atoms with Crippen LogP contribution in [0.2, 0.25) is 0 Å². The topological polar surface area (TPSA) is 124 Å². The highest BCUT2D eigenvalue weighted by Crippen LogP contribution is 2.57. The van der Waals surface area contributed by atoms with E-state index in [9.17, 15) is 55.7 Å². The lowest BCUT2D eigenvalue weighted by Gasteiger charge is -2.39. The van der Waals surface area contributed by atoms with Gasteiger partial charge in [0.2, 0.25) is 5.41 Å². The summed E-state index contributed by atoms with van der Waals surface area (Å²) < 4.78 is 94.3. The second kappa shape index (κ2) is 10.6. The summed E-state index contributed by atoms with van der Waals surface area (Å²) in [5.41, 5.74) is -9.14. The first-order valence-corrected chi connectivity index (χ1v) is 13.8. The number of halogens is 6. The zero-order chi connectivity index (χ0) is 35.1. The second-order valence-corrected chi connectivity index (χ2v) is 11.1. The number of alkyl halides is 6. The highest BCUT2D eigenvalue weighted by atomic mass is 19.4. The van der Waals surface area contributed by atoms with Crippen LogP contribution < -0.4 is 9.64 Å². The maximum absolute atomic E-state index is 14.8. The molecule has 0 aliphatic carbocycles. The van der Waals surface area contributed by atoms with Gasteiger partial charge in [0.25, 0.3) is 23.6 Å². The number of rotatable bonds is 5. The normalized spacial score (nSPS) is 14.9. The first-order chi connectivity index (χ1) is 22.4. The van der Waals surface area contributed by atoms with E-state index in [2.05, 4.69) is 0 Å². The third-order valence-electron chi connectivity index (χ3n) is 8.28. The third kappa shape index (κ3) is 4.56. The number of phenolic OH excluding ortho intramolecular Hbond substituents is 2. The highest BCUT2D eigenvalue weighted by Gasteiger charge is 2.72. The van der Waals surface area contributed by atoms with Gasteiger partial charge >= 0.3 is 12.4 Å². The molecule has 15 heteroatoms. The summed E-state index contributed by atoms with van der Waals surface area (Å²) in [4.78, 5) is 52.6. The first kappa shape index (κ1) is 32.1. The van der Waals surface area contributed by atoms with Crippen LogP contribution in [0, 0.1) is 6.92 Å². The number of nitrogens with zero attached hydrogens (tertiary/aromatic N) is 2. The fraction of sp³-hybridized carbons (Fsp3) is 0.152. The number of benzene rings is 4. The van der Waals surface area contributed by atoms with Crippen LogP contribution in [-0.2, 0) is 5.41 Å². The lowest BCUT2D eigenvalue weighted by molar-refractivity contribution is -0.288. The largest absolute Gasteiger partial charge is 0.508 e. The van der Waals surface area contributed by atoms with E-state index in [0.29, 0.717) is 30.3 Å². The smallest absolute Gasteiger partial charge is 0.411 e. The summed E-state index contributed by atoms with van der Waals surface area (Å²) in [6.45, 7) is 1.11. The van der Waals surface area contributed by atoms with Gasteiger partial charge in [0.05, 0.1) is 27.9 Å². The number of anilines is 1. The van der Waals surface area contributed by atoms with Gasteiger partial charge in [0.15, 0.2) is 0 Å². The van der Waals surface area contributed by atoms with Crippen molar-refractivity contribution in [1.82, 2.24) is 4.90 Å². The Morgan fingerprint density at radius 3 is 1.58 bits per heavy atom. The van der Waals surface area contributed by atoms with E-state index in [1.54, 1.807) is 0 Å². The quantitative estimate of drug-likeness (QED) is 0.180. The molecule has 0 fully saturated rings. The molecule has 9 nitrogen and oxygen atoms in total. The number of imide groups is 2. The van der Waals surface area contributed by atoms with Crippen LogP contribution in [0.4, 0.5) is 32.0 Å². The molecule has 0 spiro atoms. The van der Waals surface area contributed by atoms with E-state index in [4.69, 9.17) is 4.74 Å². The molecule has 2 aliphatic rings. The van der Waals surface area contributed by atoms with Crippen LogP contribution in [0.3, 0.4) is 0 Å². The molecule has 6 rings (SSSR count). The maximum Gasteiger partial charge on any atom is 0.411 e. The standard InChI is InChI=1S/C33H20F6N2O7/c1-15-11-16(3-9-25(15)42)31(32(34,35)36,33(37,38)39)17-4-10-26(43)24(12-17)41-29(46)21-8-6-19(14-23(21)30(41)47)48-18-5-7-20-22(13-18)28(45)40(2)27(20)44/h3-14,42-43H,1-2H3. The zero-order valence-corrected chi connectivity index (χ0v) is 24.5. The van der Waals surface area contributed by atoms with Crippen LogP contribution >= 0.6 is 0 Å². The molecule has 2 heterocycles. The molecule has 48 heavy (non-hydrogen) atoms. The van der Waals surface area contributed by atoms with Crippen molar-refractivity contribution in [3.05, 3.63) is 112 Å². The number of hydrogen-bond acceptors (Lipinski definition) is 7. The Hall–Kier alpha value is -5.86. The van der Waals surface area contributed by atoms with E-state index < -0.39 is 69.7 Å². The maximum atomic E-state index is 14.8.